The van der Waals surface area contributed by atoms with Crippen molar-refractivity contribution in [1.29, 1.82) is 0 Å². The molecule has 1 unspecified atom stereocenters. The zero-order chi connectivity index (χ0) is 30.0. The predicted octanol–water partition coefficient (Wildman–Crippen LogP) is 4.94. The van der Waals surface area contributed by atoms with Gasteiger partial charge in [-0.3, -0.25) is 13.9 Å². The van der Waals surface area contributed by atoms with Crippen LogP contribution >= 0.6 is 0 Å². The molecular formula is C33H41N3O5S. The smallest absolute Gasteiger partial charge is 0.243 e. The first-order valence-corrected chi connectivity index (χ1v) is 16.4. The maximum atomic E-state index is 13.9. The van der Waals surface area contributed by atoms with Crippen LogP contribution in [0.3, 0.4) is 0 Å². The van der Waals surface area contributed by atoms with Crippen molar-refractivity contribution in [3.63, 3.8) is 0 Å². The number of sulfonamides is 1. The molecule has 1 aliphatic carbocycles. The molecule has 3 aromatic carbocycles. The lowest BCUT2D eigenvalue weighted by Gasteiger charge is -2.33. The second kappa shape index (κ2) is 14.9. The minimum absolute atomic E-state index is 0.0881. The van der Waals surface area contributed by atoms with Crippen LogP contribution in [0.4, 0.5) is 5.69 Å². The Bertz CT molecular complexity index is 1410. The van der Waals surface area contributed by atoms with Crippen LogP contribution in [0.5, 0.6) is 5.75 Å². The van der Waals surface area contributed by atoms with Gasteiger partial charge in [0.1, 0.15) is 11.8 Å². The van der Waals surface area contributed by atoms with Crippen LogP contribution in [-0.2, 0) is 32.6 Å². The second-order valence-corrected chi connectivity index (χ2v) is 12.7. The quantitative estimate of drug-likeness (QED) is 0.287. The van der Waals surface area contributed by atoms with Crippen LogP contribution in [0.2, 0.25) is 0 Å². The van der Waals surface area contributed by atoms with Gasteiger partial charge in [-0.1, -0.05) is 79.6 Å². The van der Waals surface area contributed by atoms with E-state index in [-0.39, 0.29) is 43.8 Å². The van der Waals surface area contributed by atoms with E-state index >= 15 is 0 Å². The summed E-state index contributed by atoms with van der Waals surface area (Å²) in [4.78, 5) is 29.4. The van der Waals surface area contributed by atoms with Gasteiger partial charge in [-0.2, -0.15) is 0 Å². The number of amides is 2. The lowest BCUT2D eigenvalue weighted by Crippen LogP contribution is -2.52. The van der Waals surface area contributed by atoms with E-state index in [1.165, 1.54) is 11.4 Å². The normalized spacial score (nSPS) is 14.2. The second-order valence-electron chi connectivity index (χ2n) is 10.8. The van der Waals surface area contributed by atoms with Crippen LogP contribution in [0.15, 0.2) is 84.9 Å². The minimum atomic E-state index is -3.60. The Morgan fingerprint density at radius 1 is 0.929 bits per heavy atom. The third-order valence-electron chi connectivity index (χ3n) is 7.66. The molecule has 1 saturated carbocycles. The van der Waals surface area contributed by atoms with E-state index in [9.17, 15) is 18.0 Å². The first-order valence-electron chi connectivity index (χ1n) is 14.5. The Morgan fingerprint density at radius 3 is 2.19 bits per heavy atom. The van der Waals surface area contributed by atoms with Crippen molar-refractivity contribution >= 4 is 27.5 Å². The van der Waals surface area contributed by atoms with Gasteiger partial charge in [0.15, 0.2) is 0 Å². The number of carbonyl (C=O) groups excluding carboxylic acids is 2. The third-order valence-corrected chi connectivity index (χ3v) is 8.86. The summed E-state index contributed by atoms with van der Waals surface area (Å²) >= 11 is 0. The average molecular weight is 592 g/mol. The molecule has 0 radical (unpaired) electrons. The lowest BCUT2D eigenvalue weighted by molar-refractivity contribution is -0.141. The van der Waals surface area contributed by atoms with Gasteiger partial charge in [0, 0.05) is 38.0 Å². The number of nitrogens with zero attached hydrogens (tertiary/aromatic N) is 2. The molecule has 3 aromatic rings. The molecule has 4 rings (SSSR count). The number of methoxy groups -OCH3 is 1. The van der Waals surface area contributed by atoms with Crippen LogP contribution < -0.4 is 14.4 Å². The molecule has 8 nitrogen and oxygen atoms in total. The molecule has 1 fully saturated rings. The molecule has 0 bridgehead atoms. The van der Waals surface area contributed by atoms with Crippen LogP contribution in [0, 0.1) is 0 Å². The topological polar surface area (TPSA) is 96.0 Å². The number of ether oxygens (including phenoxy) is 1. The highest BCUT2D eigenvalue weighted by molar-refractivity contribution is 7.92. The van der Waals surface area contributed by atoms with Gasteiger partial charge in [-0.15, -0.1) is 0 Å². The van der Waals surface area contributed by atoms with E-state index in [2.05, 4.69) is 5.32 Å². The first kappa shape index (κ1) is 31.1. The van der Waals surface area contributed by atoms with Crippen molar-refractivity contribution in [2.75, 3.05) is 24.2 Å². The number of carbonyl (C=O) groups is 2. The molecule has 9 heteroatoms. The average Bonchev–Trinajstić information content (AvgIpc) is 3.50. The molecule has 0 heterocycles. The van der Waals surface area contributed by atoms with Gasteiger partial charge < -0.3 is 15.0 Å². The van der Waals surface area contributed by atoms with Crippen LogP contribution in [0.25, 0.3) is 0 Å². The van der Waals surface area contributed by atoms with E-state index in [1.807, 2.05) is 60.7 Å². The molecule has 1 aliphatic rings. The predicted molar refractivity (Wildman–Crippen MR) is 166 cm³/mol. The Hall–Kier alpha value is -3.85. The Labute approximate surface area is 249 Å². The largest absolute Gasteiger partial charge is 0.497 e. The van der Waals surface area contributed by atoms with Gasteiger partial charge in [0.25, 0.3) is 0 Å². The summed E-state index contributed by atoms with van der Waals surface area (Å²) in [7, 11) is -2.08. The number of benzene rings is 3. The summed E-state index contributed by atoms with van der Waals surface area (Å²) in [5.74, 6) is 0.202. The summed E-state index contributed by atoms with van der Waals surface area (Å²) in [5.41, 5.74) is 2.37. The molecule has 0 aromatic heterocycles. The van der Waals surface area contributed by atoms with E-state index in [4.69, 9.17) is 4.74 Å². The van der Waals surface area contributed by atoms with Crippen molar-refractivity contribution < 1.29 is 22.7 Å². The zero-order valence-corrected chi connectivity index (χ0v) is 25.3. The summed E-state index contributed by atoms with van der Waals surface area (Å²) in [6.45, 7) is 0.398. The highest BCUT2D eigenvalue weighted by Gasteiger charge is 2.32. The number of rotatable bonds is 14. The van der Waals surface area contributed by atoms with E-state index in [0.717, 1.165) is 43.1 Å². The zero-order valence-electron chi connectivity index (χ0n) is 24.4. The number of nitrogens with one attached hydrogen (secondary N) is 1. The molecule has 0 aliphatic heterocycles. The number of hydrogen-bond acceptors (Lipinski definition) is 5. The number of anilines is 1. The number of hydrogen-bond donors (Lipinski definition) is 1. The van der Waals surface area contributed by atoms with Crippen molar-refractivity contribution in [2.24, 2.45) is 0 Å². The van der Waals surface area contributed by atoms with Gasteiger partial charge in [0.2, 0.25) is 21.8 Å². The lowest BCUT2D eigenvalue weighted by atomic mass is 10.0. The van der Waals surface area contributed by atoms with Crippen molar-refractivity contribution in [2.45, 2.75) is 63.6 Å². The van der Waals surface area contributed by atoms with Crippen molar-refractivity contribution in [3.8, 4) is 5.75 Å². The standard InChI is InChI=1S/C33H41N3O5S/c1-41-30-20-11-19-29(24-30)36(42(2,39)40)22-12-21-32(37)35(25-27-15-7-4-8-16-27)31(23-26-13-5-3-6-14-26)33(38)34-28-17-9-10-18-28/h3-8,11,13-16,19-20,24,28,31H,9-10,12,17-18,21-23,25H2,1-2H3,(H,34,38). The summed E-state index contributed by atoms with van der Waals surface area (Å²) in [6.07, 6.45) is 5.98. The highest BCUT2D eigenvalue weighted by atomic mass is 32.2. The monoisotopic (exact) mass is 591 g/mol. The van der Waals surface area contributed by atoms with Crippen LogP contribution in [0.1, 0.15) is 49.7 Å². The van der Waals surface area contributed by atoms with E-state index < -0.39 is 16.1 Å². The third kappa shape index (κ3) is 8.82. The SMILES string of the molecule is COc1cccc(N(CCCC(=O)N(Cc2ccccc2)C(Cc2ccccc2)C(=O)NC2CCCC2)S(C)(=O)=O)c1. The van der Waals surface area contributed by atoms with Crippen LogP contribution in [-0.4, -0.2) is 57.1 Å². The van der Waals surface area contributed by atoms with E-state index in [0.29, 0.717) is 17.9 Å². The Morgan fingerprint density at radius 2 is 1.57 bits per heavy atom. The fourth-order valence-corrected chi connectivity index (χ4v) is 6.43. The maximum Gasteiger partial charge on any atom is 0.243 e. The molecule has 2 amide bonds. The molecular weight excluding hydrogens is 550 g/mol. The van der Waals surface area contributed by atoms with E-state index in [1.54, 1.807) is 29.2 Å². The molecule has 1 atom stereocenters. The minimum Gasteiger partial charge on any atom is -0.497 e. The summed E-state index contributed by atoms with van der Waals surface area (Å²) in [6, 6.07) is 25.7. The maximum absolute atomic E-state index is 13.9. The Balaban J connectivity index is 1.56. The fraction of sp³-hybridized carbons (Fsp3) is 0.394. The van der Waals surface area contributed by atoms with Crippen molar-refractivity contribution in [3.05, 3.63) is 96.1 Å². The van der Waals surface area contributed by atoms with Crippen molar-refractivity contribution in [1.82, 2.24) is 10.2 Å². The first-order chi connectivity index (χ1) is 20.2. The fourth-order valence-electron chi connectivity index (χ4n) is 5.47. The highest BCUT2D eigenvalue weighted by Crippen LogP contribution is 2.24. The van der Waals surface area contributed by atoms with Gasteiger partial charge in [0.05, 0.1) is 19.1 Å². The molecule has 0 spiro atoms. The van der Waals surface area contributed by atoms with Gasteiger partial charge >= 0.3 is 0 Å². The molecule has 42 heavy (non-hydrogen) atoms. The molecule has 1 N–H and O–H groups in total. The van der Waals surface area contributed by atoms with Gasteiger partial charge in [-0.25, -0.2) is 8.42 Å². The summed E-state index contributed by atoms with van der Waals surface area (Å²) < 4.78 is 31.9. The summed E-state index contributed by atoms with van der Waals surface area (Å²) in [5, 5.41) is 3.21. The molecule has 224 valence electrons. The molecule has 0 saturated heterocycles. The Kier molecular flexibility index (Phi) is 11.0. The van der Waals surface area contributed by atoms with Gasteiger partial charge in [-0.05, 0) is 42.5 Å².